The second kappa shape index (κ2) is 14.0. The van der Waals surface area contributed by atoms with Gasteiger partial charge in [-0.3, -0.25) is 9.59 Å². The van der Waals surface area contributed by atoms with Crippen molar-refractivity contribution in [2.75, 3.05) is 23.4 Å². The number of benzene rings is 3. The molecule has 42 heavy (non-hydrogen) atoms. The van der Waals surface area contributed by atoms with E-state index in [4.69, 9.17) is 16.3 Å². The fourth-order valence-electron chi connectivity index (χ4n) is 4.77. The molecule has 0 spiro atoms. The maximum Gasteiger partial charge on any atom is 0.335 e. The minimum atomic E-state index is -1.30. The summed E-state index contributed by atoms with van der Waals surface area (Å²) < 4.78 is 20.9. The molecule has 3 N–H and O–H groups in total. The Balaban J connectivity index is 0.00000484. The summed E-state index contributed by atoms with van der Waals surface area (Å²) in [7, 11) is 0. The molecule has 3 aromatic carbocycles. The summed E-state index contributed by atoms with van der Waals surface area (Å²) in [4.78, 5) is 40.1. The Kier molecular flexibility index (Phi) is 11.3. The zero-order valence-corrected chi connectivity index (χ0v) is 29.3. The van der Waals surface area contributed by atoms with E-state index in [2.05, 4.69) is 5.32 Å². The SMILES string of the molecule is Cc1cccc([C@H]2O[C@H](CC(=O)Nc3cc(C(=O)O)ccc3F)C(=O)N(CC(C)(C)CO)c3ccc(Cl)cc32)c1C.[Ac]. The molecule has 2 amide bonds. The maximum absolute atomic E-state index is 14.4. The largest absolute Gasteiger partial charge is 0.478 e. The molecule has 2 atom stereocenters. The van der Waals surface area contributed by atoms with E-state index in [0.717, 1.165) is 34.9 Å². The van der Waals surface area contributed by atoms with Crippen LogP contribution < -0.4 is 10.2 Å². The molecule has 0 bridgehead atoms. The Morgan fingerprint density at radius 2 is 1.81 bits per heavy atom. The van der Waals surface area contributed by atoms with Crippen LogP contribution in [-0.4, -0.2) is 47.3 Å². The van der Waals surface area contributed by atoms with Crippen molar-refractivity contribution in [2.24, 2.45) is 5.41 Å². The third-order valence-electron chi connectivity index (χ3n) is 7.21. The number of carboxylic acid groups (broad SMARTS) is 1. The molecule has 0 saturated carbocycles. The fraction of sp³-hybridized carbons (Fsp3) is 0.323. The van der Waals surface area contributed by atoms with Crippen LogP contribution in [0.3, 0.4) is 0 Å². The number of ether oxygens (including phenoxy) is 1. The van der Waals surface area contributed by atoms with E-state index in [-0.39, 0.29) is 68.5 Å². The summed E-state index contributed by atoms with van der Waals surface area (Å²) in [5.74, 6) is -3.36. The summed E-state index contributed by atoms with van der Waals surface area (Å²) >= 11 is 6.42. The molecule has 219 valence electrons. The molecule has 1 aliphatic heterocycles. The molecule has 0 aromatic heterocycles. The van der Waals surface area contributed by atoms with Gasteiger partial charge in [0.15, 0.2) is 0 Å². The molecule has 0 unspecified atom stereocenters. The van der Waals surface area contributed by atoms with E-state index in [0.29, 0.717) is 16.3 Å². The van der Waals surface area contributed by atoms with Gasteiger partial charge in [-0.1, -0.05) is 43.6 Å². The van der Waals surface area contributed by atoms with Crippen LogP contribution in [0, 0.1) is 69.1 Å². The molecule has 4 rings (SSSR count). The van der Waals surface area contributed by atoms with Crippen molar-refractivity contribution in [1.82, 2.24) is 0 Å². The van der Waals surface area contributed by atoms with Crippen molar-refractivity contribution in [1.29, 1.82) is 0 Å². The average molecular weight is 810 g/mol. The van der Waals surface area contributed by atoms with Crippen molar-refractivity contribution in [2.45, 2.75) is 46.3 Å². The number of hydrogen-bond acceptors (Lipinski definition) is 5. The smallest absolute Gasteiger partial charge is 0.335 e. The normalized spacial score (nSPS) is 16.7. The van der Waals surface area contributed by atoms with Crippen molar-refractivity contribution in [3.05, 3.63) is 93.3 Å². The van der Waals surface area contributed by atoms with Gasteiger partial charge in [0, 0.05) is 78.9 Å². The van der Waals surface area contributed by atoms with Crippen LogP contribution in [0.5, 0.6) is 0 Å². The van der Waals surface area contributed by atoms with E-state index in [1.54, 1.807) is 18.2 Å². The molecule has 1 heterocycles. The monoisotopic (exact) mass is 809 g/mol. The van der Waals surface area contributed by atoms with Gasteiger partial charge in [-0.25, -0.2) is 9.18 Å². The average Bonchev–Trinajstić information content (AvgIpc) is 3.01. The second-order valence-corrected chi connectivity index (χ2v) is 11.4. The Morgan fingerprint density at radius 1 is 1.10 bits per heavy atom. The fourth-order valence-corrected chi connectivity index (χ4v) is 4.95. The first-order chi connectivity index (χ1) is 19.3. The third-order valence-corrected chi connectivity index (χ3v) is 7.44. The van der Waals surface area contributed by atoms with Crippen molar-refractivity contribution >= 4 is 40.8 Å². The number of fused-ring (bicyclic) bond motifs is 1. The summed E-state index contributed by atoms with van der Waals surface area (Å²) in [6, 6.07) is 13.9. The standard InChI is InChI=1S/C31H32ClFN2O6.Ac/c1-17-6-5-7-21(18(17)2)28-22-13-20(32)9-11-25(22)35(15-31(3,4)16-36)29(38)26(41-28)14-27(37)34-24-12-19(30(39)40)8-10-23(24)33;/h5-13,26,28,36H,14-16H2,1-4H3,(H,34,37)(H,39,40);/t26-,28-;/m1./s1. The quantitative estimate of drug-likeness (QED) is 0.271. The van der Waals surface area contributed by atoms with Gasteiger partial charge in [-0.15, -0.1) is 0 Å². The number of amides is 2. The van der Waals surface area contributed by atoms with Gasteiger partial charge < -0.3 is 25.2 Å². The van der Waals surface area contributed by atoms with E-state index in [9.17, 15) is 29.0 Å². The first kappa shape index (κ1) is 34.1. The molecular formula is C31H32AcClFN2O6. The second-order valence-electron chi connectivity index (χ2n) is 11.0. The molecule has 8 nitrogen and oxygen atoms in total. The van der Waals surface area contributed by atoms with Gasteiger partial charge >= 0.3 is 5.97 Å². The minimum absolute atomic E-state index is 0. The number of nitrogens with one attached hydrogen (secondary N) is 1. The molecule has 0 fully saturated rings. The number of hydrogen-bond donors (Lipinski definition) is 3. The Morgan fingerprint density at radius 3 is 2.48 bits per heavy atom. The number of rotatable bonds is 8. The van der Waals surface area contributed by atoms with Crippen molar-refractivity contribution in [3.8, 4) is 0 Å². The van der Waals surface area contributed by atoms with Gasteiger partial charge in [0.25, 0.3) is 5.91 Å². The number of carbonyl (C=O) groups excluding carboxylic acids is 2. The summed E-state index contributed by atoms with van der Waals surface area (Å²) in [6.45, 7) is 7.43. The number of halogens is 2. The number of nitrogens with zero attached hydrogens (tertiary/aromatic N) is 1. The van der Waals surface area contributed by atoms with Gasteiger partial charge in [0.2, 0.25) is 5.91 Å². The molecule has 0 saturated heterocycles. The number of anilines is 2. The van der Waals surface area contributed by atoms with Crippen LogP contribution in [0.1, 0.15) is 59.0 Å². The Labute approximate surface area is 284 Å². The molecule has 1 aliphatic rings. The number of aromatic carboxylic acids is 1. The first-order valence-corrected chi connectivity index (χ1v) is 13.4. The van der Waals surface area contributed by atoms with E-state index in [1.807, 2.05) is 45.9 Å². The molecule has 3 aromatic rings. The van der Waals surface area contributed by atoms with Crippen LogP contribution in [0.15, 0.2) is 54.6 Å². The van der Waals surface area contributed by atoms with Gasteiger partial charge in [0.05, 0.1) is 17.7 Å². The number of aliphatic hydroxyl groups excluding tert-OH is 1. The summed E-state index contributed by atoms with van der Waals surface area (Å²) in [6.07, 6.45) is -2.56. The van der Waals surface area contributed by atoms with Crippen LogP contribution in [0.4, 0.5) is 15.8 Å². The van der Waals surface area contributed by atoms with Crippen LogP contribution >= 0.6 is 11.6 Å². The van der Waals surface area contributed by atoms with E-state index in [1.165, 1.54) is 4.90 Å². The van der Waals surface area contributed by atoms with Crippen LogP contribution in [0.25, 0.3) is 0 Å². The minimum Gasteiger partial charge on any atom is -0.478 e. The van der Waals surface area contributed by atoms with E-state index < -0.39 is 47.6 Å². The number of aliphatic hydroxyl groups is 1. The molecule has 0 aliphatic carbocycles. The van der Waals surface area contributed by atoms with Gasteiger partial charge in [-0.05, 0) is 66.9 Å². The maximum atomic E-state index is 14.4. The topological polar surface area (TPSA) is 116 Å². The van der Waals surface area contributed by atoms with Gasteiger partial charge in [0.1, 0.15) is 18.0 Å². The molecule has 11 heteroatoms. The third kappa shape index (κ3) is 7.59. The number of carboxylic acids is 1. The Bertz CT molecular complexity index is 1510. The summed E-state index contributed by atoms with van der Waals surface area (Å²) in [5.41, 5.74) is 2.67. The van der Waals surface area contributed by atoms with Gasteiger partial charge in [-0.2, -0.15) is 0 Å². The van der Waals surface area contributed by atoms with Crippen molar-refractivity contribution in [3.63, 3.8) is 0 Å². The zero-order chi connectivity index (χ0) is 30.1. The Hall–Kier alpha value is -2.35. The van der Waals surface area contributed by atoms with Crippen molar-refractivity contribution < 1.29 is 77.8 Å². The number of carbonyl (C=O) groups is 3. The molecule has 1 radical (unpaired) electrons. The van der Waals surface area contributed by atoms with Crippen LogP contribution in [0.2, 0.25) is 5.02 Å². The van der Waals surface area contributed by atoms with Crippen LogP contribution in [-0.2, 0) is 14.3 Å². The number of aryl methyl sites for hydroxylation is 1. The predicted molar refractivity (Wildman–Crippen MR) is 154 cm³/mol. The predicted octanol–water partition coefficient (Wildman–Crippen LogP) is 5.66. The molecular weight excluding hydrogens is 778 g/mol. The summed E-state index contributed by atoms with van der Waals surface area (Å²) in [5, 5.41) is 22.1. The van der Waals surface area contributed by atoms with E-state index >= 15 is 0 Å². The zero-order valence-electron chi connectivity index (χ0n) is 23.8. The first-order valence-electron chi connectivity index (χ1n) is 13.1.